The maximum atomic E-state index is 6.94. The van der Waals surface area contributed by atoms with Gasteiger partial charge < -0.3 is 8.98 Å². The second kappa shape index (κ2) is 18.4. The molecule has 0 saturated heterocycles. The van der Waals surface area contributed by atoms with Gasteiger partial charge in [0.25, 0.3) is 0 Å². The summed E-state index contributed by atoms with van der Waals surface area (Å²) in [6, 6.07) is 28.2. The standard InChI is InChI=1S/C51H51B19N4O/c52-25-21-22-27(54)31(58)37(64)43(70)48(22)75-47(21)42(69)29(56)24(25)51-72-49(16-11-9-15(10-12-16)18-8-4-7-17(13-18)14-5-2-1-3-6-14)71-50(73-51)23-19-20-26(53)30(57)34(61)39(66)45(20)74(44(19)38(65)32(59)28(23)55)46-40(67)35(62)33(60)36(63)41(46)68/h1-13H,52-70H2. The number of furan rings is 1. The molecule has 338 valence electrons. The number of nitrogens with zero attached hydrogens (tertiary/aromatic N) is 4. The summed E-state index contributed by atoms with van der Waals surface area (Å²) >= 11 is 0. The minimum Gasteiger partial charge on any atom is -0.457 e. The lowest BCUT2D eigenvalue weighted by atomic mass is 9.61. The van der Waals surface area contributed by atoms with Crippen LogP contribution in [0.15, 0.2) is 83.3 Å². The molecule has 0 spiro atoms. The molecule has 0 aliphatic heterocycles. The van der Waals surface area contributed by atoms with E-state index in [9.17, 15) is 0 Å². The van der Waals surface area contributed by atoms with Gasteiger partial charge in [-0.25, -0.2) is 15.0 Å². The molecule has 0 aliphatic carbocycles. The second-order valence-electron chi connectivity index (χ2n) is 22.1. The number of fused-ring (bicyclic) bond motifs is 6. The van der Waals surface area contributed by atoms with Crippen LogP contribution in [0.3, 0.4) is 0 Å². The van der Waals surface area contributed by atoms with Gasteiger partial charge in [0.1, 0.15) is 160 Å². The van der Waals surface area contributed by atoms with Crippen molar-refractivity contribution in [3.8, 4) is 62.1 Å². The highest BCUT2D eigenvalue weighted by Gasteiger charge is 2.30. The summed E-state index contributed by atoms with van der Waals surface area (Å²) in [6.45, 7) is 0. The monoisotopic (exact) mass is 945 g/mol. The van der Waals surface area contributed by atoms with E-state index in [1.165, 1.54) is 131 Å². The van der Waals surface area contributed by atoms with Gasteiger partial charge in [-0.15, -0.1) is 16.4 Å². The lowest BCUT2D eigenvalue weighted by Crippen LogP contribution is -2.56. The van der Waals surface area contributed by atoms with E-state index in [1.807, 2.05) is 0 Å². The summed E-state index contributed by atoms with van der Waals surface area (Å²) in [4.78, 5) is 17.0. The molecule has 8 aromatic carbocycles. The first-order chi connectivity index (χ1) is 35.7. The van der Waals surface area contributed by atoms with E-state index in [4.69, 9.17) is 19.4 Å². The van der Waals surface area contributed by atoms with Crippen LogP contribution in [0.5, 0.6) is 0 Å². The first-order valence-corrected chi connectivity index (χ1v) is 26.7. The Labute approximate surface area is 458 Å². The smallest absolute Gasteiger partial charge is 0.164 e. The topological polar surface area (TPSA) is 56.7 Å². The van der Waals surface area contributed by atoms with Gasteiger partial charge in [0.2, 0.25) is 0 Å². The van der Waals surface area contributed by atoms with Crippen molar-refractivity contribution in [1.82, 2.24) is 19.5 Å². The molecular weight excluding hydrogens is 890 g/mol. The van der Waals surface area contributed by atoms with Crippen molar-refractivity contribution in [3.05, 3.63) is 78.9 Å². The lowest BCUT2D eigenvalue weighted by Gasteiger charge is -2.25. The molecule has 3 aromatic heterocycles. The van der Waals surface area contributed by atoms with Crippen LogP contribution in [0.4, 0.5) is 0 Å². The first-order valence-electron chi connectivity index (χ1n) is 26.7. The third-order valence-electron chi connectivity index (χ3n) is 18.7. The minimum absolute atomic E-state index is 0.637. The molecule has 24 heteroatoms. The van der Waals surface area contributed by atoms with Crippen LogP contribution in [-0.2, 0) is 0 Å². The van der Waals surface area contributed by atoms with E-state index in [1.54, 1.807) is 0 Å². The Morgan fingerprint density at radius 1 is 0.280 bits per heavy atom. The van der Waals surface area contributed by atoms with Crippen molar-refractivity contribution in [2.75, 3.05) is 0 Å². The molecule has 0 saturated carbocycles. The summed E-state index contributed by atoms with van der Waals surface area (Å²) < 4.78 is 9.57. The summed E-state index contributed by atoms with van der Waals surface area (Å²) in [5.41, 5.74) is 37.2. The molecule has 0 fully saturated rings. The van der Waals surface area contributed by atoms with E-state index in [0.717, 1.165) is 60.8 Å². The average Bonchev–Trinajstić information content (AvgIpc) is 3.99. The van der Waals surface area contributed by atoms with Gasteiger partial charge in [-0.2, -0.15) is 0 Å². The van der Waals surface area contributed by atoms with Crippen molar-refractivity contribution >= 4 is 297 Å². The highest BCUT2D eigenvalue weighted by atomic mass is 16.3. The molecule has 3 heterocycles. The van der Waals surface area contributed by atoms with Gasteiger partial charge >= 0.3 is 0 Å². The Hall–Kier alpha value is -6.40. The molecule has 0 radical (unpaired) electrons. The highest BCUT2D eigenvalue weighted by molar-refractivity contribution is 6.72. The fraction of sp³-hybridized carbons (Fsp3) is 0. The SMILES string of the molecule is Bc1c(B)c(B)c(-n2c3c(B)c(B)c(B)c(B)c3c3c(-c4nc(-c5ccc(-c6cccc(-c7ccccc7)c6)cc5)nc(-c5c(B)c(B)c6oc7c(B)c(B)c(B)c(B)c7c6c5B)n4)c(B)c(B)c(B)c32)c(B)c1B. The zero-order valence-electron chi connectivity index (χ0n) is 47.7. The Kier molecular flexibility index (Phi) is 12.5. The first kappa shape index (κ1) is 50.7. The highest BCUT2D eigenvalue weighted by Crippen LogP contribution is 2.35. The quantitative estimate of drug-likeness (QED) is 0.156. The normalized spacial score (nSPS) is 11.7. The molecule has 0 atom stereocenters. The maximum Gasteiger partial charge on any atom is 0.164 e. The van der Waals surface area contributed by atoms with Crippen LogP contribution < -0.4 is 104 Å². The van der Waals surface area contributed by atoms with E-state index >= 15 is 0 Å². The van der Waals surface area contributed by atoms with E-state index < -0.39 is 0 Å². The second-order valence-corrected chi connectivity index (χ2v) is 22.1. The van der Waals surface area contributed by atoms with Crippen LogP contribution in [-0.4, -0.2) is 169 Å². The van der Waals surface area contributed by atoms with Gasteiger partial charge in [-0.05, 0) is 28.3 Å². The maximum absolute atomic E-state index is 6.94. The Balaban J connectivity index is 1.26. The summed E-state index contributed by atoms with van der Waals surface area (Å²) in [5, 5.41) is 4.77. The van der Waals surface area contributed by atoms with Crippen LogP contribution in [0.25, 0.3) is 106 Å². The largest absolute Gasteiger partial charge is 0.457 e. The minimum atomic E-state index is 0.637. The Morgan fingerprint density at radius 2 is 0.667 bits per heavy atom. The molecule has 11 rings (SSSR count). The molecular formula is C51H51B19N4O. The van der Waals surface area contributed by atoms with E-state index in [2.05, 4.69) is 233 Å². The van der Waals surface area contributed by atoms with Crippen LogP contribution in [0.1, 0.15) is 0 Å². The van der Waals surface area contributed by atoms with Gasteiger partial charge in [0.15, 0.2) is 17.5 Å². The fourth-order valence-corrected chi connectivity index (χ4v) is 12.7. The van der Waals surface area contributed by atoms with Gasteiger partial charge in [0, 0.05) is 55.0 Å². The van der Waals surface area contributed by atoms with Gasteiger partial charge in [-0.3, -0.25) is 0 Å². The molecule has 5 nitrogen and oxygen atoms in total. The summed E-state index contributed by atoms with van der Waals surface area (Å²) in [5.74, 6) is 1.97. The fourth-order valence-electron chi connectivity index (χ4n) is 12.7. The molecule has 0 N–H and O–H groups in total. The Bertz CT molecular complexity index is 4320. The van der Waals surface area contributed by atoms with Crippen LogP contribution >= 0.6 is 0 Å². The molecule has 0 unspecified atom stereocenters. The molecule has 11 aromatic rings. The number of benzene rings is 8. The number of hydrogen-bond donors (Lipinski definition) is 0. The third-order valence-corrected chi connectivity index (χ3v) is 18.7. The number of rotatable bonds is 6. The third kappa shape index (κ3) is 7.45. The molecule has 0 amide bonds. The predicted molar refractivity (Wildman–Crippen MR) is 384 cm³/mol. The Morgan fingerprint density at radius 3 is 1.25 bits per heavy atom. The molecule has 75 heavy (non-hydrogen) atoms. The van der Waals surface area contributed by atoms with E-state index in [-0.39, 0.29) is 0 Å². The van der Waals surface area contributed by atoms with Gasteiger partial charge in [0.05, 0.1) is 0 Å². The summed E-state index contributed by atoms with van der Waals surface area (Å²) in [7, 11) is 43.1. The summed E-state index contributed by atoms with van der Waals surface area (Å²) in [6.07, 6.45) is 0. The lowest BCUT2D eigenvalue weighted by molar-refractivity contribution is 0.675. The predicted octanol–water partition coefficient (Wildman–Crippen LogP) is -19.9. The van der Waals surface area contributed by atoms with Crippen molar-refractivity contribution in [2.24, 2.45) is 0 Å². The number of aromatic nitrogens is 4. The van der Waals surface area contributed by atoms with Crippen molar-refractivity contribution in [3.63, 3.8) is 0 Å². The molecule has 0 bridgehead atoms. The van der Waals surface area contributed by atoms with E-state index in [0.29, 0.717) is 17.5 Å². The van der Waals surface area contributed by atoms with Gasteiger partial charge in [-0.1, -0.05) is 160 Å². The van der Waals surface area contributed by atoms with Crippen LogP contribution in [0.2, 0.25) is 0 Å². The zero-order valence-corrected chi connectivity index (χ0v) is 47.7. The van der Waals surface area contributed by atoms with Crippen molar-refractivity contribution in [2.45, 2.75) is 0 Å². The average molecular weight is 941 g/mol. The van der Waals surface area contributed by atoms with Crippen molar-refractivity contribution in [1.29, 1.82) is 0 Å². The number of hydrogen-bond acceptors (Lipinski definition) is 4. The zero-order chi connectivity index (χ0) is 53.5. The van der Waals surface area contributed by atoms with Crippen LogP contribution in [0, 0.1) is 0 Å². The van der Waals surface area contributed by atoms with Crippen molar-refractivity contribution < 1.29 is 4.42 Å². The molecule has 0 aliphatic rings.